The van der Waals surface area contributed by atoms with Gasteiger partial charge in [0.05, 0.1) is 25.3 Å². The summed E-state index contributed by atoms with van der Waals surface area (Å²) in [6, 6.07) is 10.0. The highest BCUT2D eigenvalue weighted by molar-refractivity contribution is 7.16. The van der Waals surface area contributed by atoms with Gasteiger partial charge in [0.2, 0.25) is 0 Å². The van der Waals surface area contributed by atoms with Crippen LogP contribution in [0.4, 0.5) is 16.4 Å². The van der Waals surface area contributed by atoms with E-state index in [2.05, 4.69) is 27.3 Å². The first-order valence-electron chi connectivity index (χ1n) is 8.72. The molecule has 0 aliphatic heterocycles. The van der Waals surface area contributed by atoms with Gasteiger partial charge in [0.1, 0.15) is 16.5 Å². The molecule has 0 spiro atoms. The molecule has 1 aromatic heterocycles. The maximum absolute atomic E-state index is 12.0. The fraction of sp³-hybridized carbons (Fsp3) is 0.350. The van der Waals surface area contributed by atoms with Crippen LogP contribution >= 0.6 is 11.3 Å². The average Bonchev–Trinajstić information content (AvgIpc) is 3.02. The van der Waals surface area contributed by atoms with Gasteiger partial charge in [0, 0.05) is 18.8 Å². The van der Waals surface area contributed by atoms with E-state index >= 15 is 0 Å². The van der Waals surface area contributed by atoms with Crippen molar-refractivity contribution in [3.8, 4) is 12.1 Å². The van der Waals surface area contributed by atoms with Crippen LogP contribution in [0.15, 0.2) is 28.4 Å². The maximum Gasteiger partial charge on any atom is 0.341 e. The van der Waals surface area contributed by atoms with Crippen LogP contribution in [0.25, 0.3) is 0 Å². The number of ether oxygens (including phenoxy) is 1. The van der Waals surface area contributed by atoms with Crippen LogP contribution in [-0.4, -0.2) is 26.2 Å². The summed E-state index contributed by atoms with van der Waals surface area (Å²) < 4.78 is 4.81. The van der Waals surface area contributed by atoms with Crippen LogP contribution < -0.4 is 4.90 Å². The lowest BCUT2D eigenvalue weighted by molar-refractivity contribution is 0.0601. The standard InChI is InChI=1S/C20H21N5O2S/c1-5-25(10-6-9-21)15-7-8-16(13(2)11-15)23-24-19-18(20(26)27-4)14(3)17(12-22)28-19/h7-8,11H,5-6,10H2,1-4H3. The first kappa shape index (κ1) is 21.1. The second-order valence-electron chi connectivity index (χ2n) is 6.00. The van der Waals surface area contributed by atoms with Gasteiger partial charge in [-0.05, 0) is 50.1 Å². The molecule has 2 rings (SSSR count). The predicted molar refractivity (Wildman–Crippen MR) is 109 cm³/mol. The number of azo groups is 1. The van der Waals surface area contributed by atoms with E-state index < -0.39 is 5.97 Å². The molecule has 0 radical (unpaired) electrons. The minimum atomic E-state index is -0.535. The molecular weight excluding hydrogens is 374 g/mol. The van der Waals surface area contributed by atoms with Crippen molar-refractivity contribution in [2.75, 3.05) is 25.1 Å². The molecule has 0 atom stereocenters. The number of nitriles is 2. The van der Waals surface area contributed by atoms with Crippen molar-refractivity contribution in [2.24, 2.45) is 10.2 Å². The van der Waals surface area contributed by atoms with E-state index in [1.807, 2.05) is 32.0 Å². The fourth-order valence-electron chi connectivity index (χ4n) is 2.72. The Bertz CT molecular complexity index is 982. The monoisotopic (exact) mass is 395 g/mol. The van der Waals surface area contributed by atoms with Crippen molar-refractivity contribution >= 4 is 33.7 Å². The number of thiophene rings is 1. The van der Waals surface area contributed by atoms with Gasteiger partial charge in [-0.2, -0.15) is 10.5 Å². The molecular formula is C20H21N5O2S. The summed E-state index contributed by atoms with van der Waals surface area (Å²) in [7, 11) is 1.29. The molecule has 0 amide bonds. The Morgan fingerprint density at radius 2 is 2.04 bits per heavy atom. The number of esters is 1. The lowest BCUT2D eigenvalue weighted by Gasteiger charge is -2.22. The number of carbonyl (C=O) groups excluding carboxylic acids is 1. The summed E-state index contributed by atoms with van der Waals surface area (Å²) in [6.07, 6.45) is 0.462. The van der Waals surface area contributed by atoms with Gasteiger partial charge in [-0.25, -0.2) is 4.79 Å². The largest absolute Gasteiger partial charge is 0.465 e. The lowest BCUT2D eigenvalue weighted by Crippen LogP contribution is -2.23. The first-order chi connectivity index (χ1) is 13.5. The number of methoxy groups -OCH3 is 1. The molecule has 1 heterocycles. The number of hydrogen-bond donors (Lipinski definition) is 0. The Morgan fingerprint density at radius 3 is 2.61 bits per heavy atom. The molecule has 0 bridgehead atoms. The highest BCUT2D eigenvalue weighted by atomic mass is 32.1. The van der Waals surface area contributed by atoms with Crippen molar-refractivity contribution < 1.29 is 9.53 Å². The second kappa shape index (κ2) is 9.63. The van der Waals surface area contributed by atoms with Gasteiger partial charge < -0.3 is 9.64 Å². The second-order valence-corrected chi connectivity index (χ2v) is 7.00. The molecule has 8 heteroatoms. The van der Waals surface area contributed by atoms with E-state index in [9.17, 15) is 10.1 Å². The normalized spacial score (nSPS) is 10.5. The molecule has 0 fully saturated rings. The fourth-order valence-corrected chi connectivity index (χ4v) is 3.63. The first-order valence-corrected chi connectivity index (χ1v) is 9.54. The summed E-state index contributed by atoms with van der Waals surface area (Å²) in [6.45, 7) is 7.14. The number of carbonyl (C=O) groups is 1. The zero-order valence-electron chi connectivity index (χ0n) is 16.3. The van der Waals surface area contributed by atoms with Crippen molar-refractivity contribution in [1.82, 2.24) is 0 Å². The smallest absolute Gasteiger partial charge is 0.341 e. The summed E-state index contributed by atoms with van der Waals surface area (Å²) in [4.78, 5) is 14.6. The SMILES string of the molecule is CCN(CCC#N)c1ccc(N=Nc2sc(C#N)c(C)c2C(=O)OC)c(C)c1. The Kier molecular flexibility index (Phi) is 7.25. The number of rotatable bonds is 7. The van der Waals surface area contributed by atoms with Crippen molar-refractivity contribution in [1.29, 1.82) is 10.5 Å². The van der Waals surface area contributed by atoms with Crippen LogP contribution in [0.3, 0.4) is 0 Å². The Hall–Kier alpha value is -3.23. The third kappa shape index (κ3) is 4.54. The third-order valence-electron chi connectivity index (χ3n) is 4.29. The zero-order chi connectivity index (χ0) is 20.7. The van der Waals surface area contributed by atoms with Gasteiger partial charge in [-0.1, -0.05) is 0 Å². The van der Waals surface area contributed by atoms with Gasteiger partial charge in [-0.15, -0.1) is 21.6 Å². The highest BCUT2D eigenvalue weighted by Gasteiger charge is 2.22. The Labute approximate surface area is 168 Å². The van der Waals surface area contributed by atoms with Crippen LogP contribution in [0.1, 0.15) is 39.7 Å². The summed E-state index contributed by atoms with van der Waals surface area (Å²) in [5.41, 5.74) is 3.43. The molecule has 28 heavy (non-hydrogen) atoms. The van der Waals surface area contributed by atoms with E-state index in [1.54, 1.807) is 6.92 Å². The molecule has 2 aromatic rings. The quantitative estimate of drug-likeness (QED) is 0.475. The van der Waals surface area contributed by atoms with E-state index in [4.69, 9.17) is 10.00 Å². The van der Waals surface area contributed by atoms with Crippen LogP contribution in [-0.2, 0) is 4.74 Å². The molecule has 0 saturated carbocycles. The number of benzene rings is 1. The third-order valence-corrected chi connectivity index (χ3v) is 5.37. The number of nitrogens with zero attached hydrogens (tertiary/aromatic N) is 5. The van der Waals surface area contributed by atoms with Crippen LogP contribution in [0, 0.1) is 36.5 Å². The topological polar surface area (TPSA) is 102 Å². The highest BCUT2D eigenvalue weighted by Crippen LogP contribution is 2.37. The van der Waals surface area contributed by atoms with Gasteiger partial charge in [0.15, 0.2) is 5.00 Å². The number of anilines is 1. The minimum absolute atomic E-state index is 0.274. The molecule has 0 saturated heterocycles. The van der Waals surface area contributed by atoms with Gasteiger partial charge in [0.25, 0.3) is 0 Å². The Balaban J connectivity index is 2.34. The zero-order valence-corrected chi connectivity index (χ0v) is 17.1. The van der Waals surface area contributed by atoms with Gasteiger partial charge >= 0.3 is 5.97 Å². The van der Waals surface area contributed by atoms with E-state index in [-0.39, 0.29) is 5.56 Å². The van der Waals surface area contributed by atoms with E-state index in [0.717, 1.165) is 29.1 Å². The van der Waals surface area contributed by atoms with Gasteiger partial charge in [-0.3, -0.25) is 0 Å². The molecule has 1 aromatic carbocycles. The molecule has 0 aliphatic rings. The molecule has 7 nitrogen and oxygen atoms in total. The van der Waals surface area contributed by atoms with Crippen molar-refractivity contribution in [3.05, 3.63) is 39.8 Å². The number of hydrogen-bond acceptors (Lipinski definition) is 8. The Morgan fingerprint density at radius 1 is 1.29 bits per heavy atom. The number of aryl methyl sites for hydroxylation is 1. The van der Waals surface area contributed by atoms with E-state index in [0.29, 0.717) is 34.1 Å². The minimum Gasteiger partial charge on any atom is -0.465 e. The summed E-state index contributed by atoms with van der Waals surface area (Å²) in [5, 5.41) is 26.9. The predicted octanol–water partition coefficient (Wildman–Crippen LogP) is 5.18. The summed E-state index contributed by atoms with van der Waals surface area (Å²) >= 11 is 1.11. The maximum atomic E-state index is 12.0. The lowest BCUT2D eigenvalue weighted by atomic mass is 10.1. The van der Waals surface area contributed by atoms with Crippen molar-refractivity contribution in [3.63, 3.8) is 0 Å². The molecule has 144 valence electrons. The molecule has 0 aliphatic carbocycles. The van der Waals surface area contributed by atoms with Crippen LogP contribution in [0.2, 0.25) is 0 Å². The molecule has 0 N–H and O–H groups in total. The van der Waals surface area contributed by atoms with Crippen molar-refractivity contribution in [2.45, 2.75) is 27.2 Å². The average molecular weight is 395 g/mol. The summed E-state index contributed by atoms with van der Waals surface area (Å²) in [5.74, 6) is -0.535. The van der Waals surface area contributed by atoms with E-state index in [1.165, 1.54) is 7.11 Å². The van der Waals surface area contributed by atoms with Crippen LogP contribution in [0.5, 0.6) is 0 Å². The molecule has 0 unspecified atom stereocenters.